The van der Waals surface area contributed by atoms with Crippen LogP contribution in [-0.4, -0.2) is 34.0 Å². The molecule has 0 aliphatic carbocycles. The molecule has 0 atom stereocenters. The van der Waals surface area contributed by atoms with Gasteiger partial charge in [-0.2, -0.15) is 4.98 Å². The van der Waals surface area contributed by atoms with Crippen LogP contribution in [0.3, 0.4) is 0 Å². The molecule has 1 N–H and O–H groups in total. The smallest absolute Gasteiger partial charge is 0.241 e. The van der Waals surface area contributed by atoms with Gasteiger partial charge in [0.1, 0.15) is 0 Å². The topological polar surface area (TPSA) is 71.3 Å². The Kier molecular flexibility index (Phi) is 6.59. The third-order valence-electron chi connectivity index (χ3n) is 5.52. The van der Waals surface area contributed by atoms with Gasteiger partial charge in [-0.3, -0.25) is 9.69 Å². The van der Waals surface area contributed by atoms with E-state index in [-0.39, 0.29) is 11.8 Å². The van der Waals surface area contributed by atoms with Crippen LogP contribution in [-0.2, 0) is 17.8 Å². The summed E-state index contributed by atoms with van der Waals surface area (Å²) in [6.07, 6.45) is 2.56. The molecule has 1 aliphatic heterocycles. The van der Waals surface area contributed by atoms with Gasteiger partial charge in [-0.15, -0.1) is 0 Å². The second kappa shape index (κ2) is 9.53. The van der Waals surface area contributed by atoms with E-state index >= 15 is 0 Å². The van der Waals surface area contributed by atoms with Gasteiger partial charge in [-0.1, -0.05) is 58.3 Å². The van der Waals surface area contributed by atoms with E-state index in [4.69, 9.17) is 4.52 Å². The van der Waals surface area contributed by atoms with Crippen molar-refractivity contribution in [2.75, 3.05) is 18.4 Å². The van der Waals surface area contributed by atoms with Gasteiger partial charge < -0.3 is 9.84 Å². The minimum absolute atomic E-state index is 0.0334. The standard InChI is InChI=1S/C23H25BrN4O2/c1-2-16-6-3-4-9-20(16)25-23(29)17-10-12-28(13-11-17)15-21-26-22(27-30-21)18-7-5-8-19(24)14-18/h3-9,14,17H,2,10-13,15H2,1H3,(H,25,29). The summed E-state index contributed by atoms with van der Waals surface area (Å²) in [6, 6.07) is 15.8. The maximum Gasteiger partial charge on any atom is 0.241 e. The lowest BCUT2D eigenvalue weighted by atomic mass is 9.95. The summed E-state index contributed by atoms with van der Waals surface area (Å²) in [5.41, 5.74) is 3.02. The average Bonchev–Trinajstić information content (AvgIpc) is 3.23. The maximum atomic E-state index is 12.7. The molecular formula is C23H25BrN4O2. The van der Waals surface area contributed by atoms with Gasteiger partial charge in [0, 0.05) is 21.6 Å². The van der Waals surface area contributed by atoms with Crippen LogP contribution >= 0.6 is 15.9 Å². The number of rotatable bonds is 6. The lowest BCUT2D eigenvalue weighted by Crippen LogP contribution is -2.37. The fourth-order valence-electron chi connectivity index (χ4n) is 3.79. The number of likely N-dealkylation sites (tertiary alicyclic amines) is 1. The number of halogens is 1. The number of aromatic nitrogens is 2. The molecule has 2 heterocycles. The van der Waals surface area contributed by atoms with Gasteiger partial charge in [0.05, 0.1) is 6.54 Å². The molecule has 1 aliphatic rings. The molecule has 0 radical (unpaired) electrons. The number of anilines is 1. The third-order valence-corrected chi connectivity index (χ3v) is 6.02. The number of nitrogens with one attached hydrogen (secondary N) is 1. The molecular weight excluding hydrogens is 444 g/mol. The summed E-state index contributed by atoms with van der Waals surface area (Å²) in [6.45, 7) is 4.38. The molecule has 7 heteroatoms. The van der Waals surface area contributed by atoms with Crippen LogP contribution in [0.25, 0.3) is 11.4 Å². The second-order valence-corrected chi connectivity index (χ2v) is 8.49. The largest absolute Gasteiger partial charge is 0.338 e. The predicted molar refractivity (Wildman–Crippen MR) is 120 cm³/mol. The minimum atomic E-state index is 0.0334. The molecule has 30 heavy (non-hydrogen) atoms. The Bertz CT molecular complexity index is 1010. The zero-order chi connectivity index (χ0) is 20.9. The van der Waals surface area contributed by atoms with Crippen molar-refractivity contribution in [2.45, 2.75) is 32.7 Å². The molecule has 4 rings (SSSR count). The Labute approximate surface area is 184 Å². The molecule has 1 amide bonds. The number of benzene rings is 2. The highest BCUT2D eigenvalue weighted by molar-refractivity contribution is 9.10. The zero-order valence-electron chi connectivity index (χ0n) is 17.0. The summed E-state index contributed by atoms with van der Waals surface area (Å²) in [5.74, 6) is 1.34. The van der Waals surface area contributed by atoms with E-state index in [0.717, 1.165) is 48.1 Å². The normalized spacial score (nSPS) is 15.3. The molecule has 156 valence electrons. The van der Waals surface area contributed by atoms with Crippen LogP contribution in [0.4, 0.5) is 5.69 Å². The Morgan fingerprint density at radius 2 is 2.00 bits per heavy atom. The SMILES string of the molecule is CCc1ccccc1NC(=O)C1CCN(Cc2nc(-c3cccc(Br)c3)no2)CC1. The molecule has 3 aromatic rings. The maximum absolute atomic E-state index is 12.7. The van der Waals surface area contributed by atoms with Crippen LogP contribution < -0.4 is 5.32 Å². The van der Waals surface area contributed by atoms with E-state index in [0.29, 0.717) is 18.3 Å². The number of carbonyl (C=O) groups excluding carboxylic acids is 1. The van der Waals surface area contributed by atoms with E-state index in [2.05, 4.69) is 49.3 Å². The number of para-hydroxylation sites is 1. The fourth-order valence-corrected chi connectivity index (χ4v) is 4.19. The average molecular weight is 469 g/mol. The quantitative estimate of drug-likeness (QED) is 0.556. The van der Waals surface area contributed by atoms with E-state index in [1.807, 2.05) is 42.5 Å². The molecule has 6 nitrogen and oxygen atoms in total. The first-order valence-corrected chi connectivity index (χ1v) is 11.1. The third kappa shape index (κ3) is 4.96. The van der Waals surface area contributed by atoms with Crippen molar-refractivity contribution in [1.29, 1.82) is 0 Å². The minimum Gasteiger partial charge on any atom is -0.338 e. The number of aryl methyl sites for hydroxylation is 1. The van der Waals surface area contributed by atoms with Crippen LogP contribution in [0, 0.1) is 5.92 Å². The highest BCUT2D eigenvalue weighted by atomic mass is 79.9. The van der Waals surface area contributed by atoms with E-state index in [1.165, 1.54) is 5.56 Å². The van der Waals surface area contributed by atoms with Gasteiger partial charge in [0.2, 0.25) is 17.6 Å². The summed E-state index contributed by atoms with van der Waals surface area (Å²) >= 11 is 3.46. The van der Waals surface area contributed by atoms with Crippen LogP contribution in [0.1, 0.15) is 31.2 Å². The van der Waals surface area contributed by atoms with Gasteiger partial charge in [0.15, 0.2) is 0 Å². The number of nitrogens with zero attached hydrogens (tertiary/aromatic N) is 3. The second-order valence-electron chi connectivity index (χ2n) is 7.57. The first kappa shape index (κ1) is 20.8. The molecule has 0 unspecified atom stereocenters. The van der Waals surface area contributed by atoms with Crippen LogP contribution in [0.5, 0.6) is 0 Å². The fraction of sp³-hybridized carbons (Fsp3) is 0.348. The number of piperidine rings is 1. The van der Waals surface area contributed by atoms with E-state index in [1.54, 1.807) is 0 Å². The highest BCUT2D eigenvalue weighted by Crippen LogP contribution is 2.24. The molecule has 0 bridgehead atoms. The van der Waals surface area contributed by atoms with E-state index in [9.17, 15) is 4.79 Å². The number of hydrogen-bond donors (Lipinski definition) is 1. The highest BCUT2D eigenvalue weighted by Gasteiger charge is 2.26. The van der Waals surface area contributed by atoms with Crippen molar-refractivity contribution < 1.29 is 9.32 Å². The Morgan fingerprint density at radius 3 is 2.77 bits per heavy atom. The van der Waals surface area contributed by atoms with Gasteiger partial charge >= 0.3 is 0 Å². The molecule has 1 aromatic heterocycles. The number of amides is 1. The summed E-state index contributed by atoms with van der Waals surface area (Å²) < 4.78 is 6.42. The van der Waals surface area contributed by atoms with Crippen LogP contribution in [0.2, 0.25) is 0 Å². The van der Waals surface area contributed by atoms with E-state index < -0.39 is 0 Å². The lowest BCUT2D eigenvalue weighted by molar-refractivity contribution is -0.121. The van der Waals surface area contributed by atoms with Gasteiger partial charge in [-0.25, -0.2) is 0 Å². The molecule has 2 aromatic carbocycles. The van der Waals surface area contributed by atoms with Crippen molar-refractivity contribution in [3.05, 3.63) is 64.5 Å². The van der Waals surface area contributed by atoms with Crippen LogP contribution in [0.15, 0.2) is 57.5 Å². The zero-order valence-corrected chi connectivity index (χ0v) is 18.6. The Balaban J connectivity index is 1.30. The summed E-state index contributed by atoms with van der Waals surface area (Å²) in [7, 11) is 0. The summed E-state index contributed by atoms with van der Waals surface area (Å²) in [4.78, 5) is 19.5. The molecule has 0 spiro atoms. The van der Waals surface area contributed by atoms with Gasteiger partial charge in [-0.05, 0) is 56.1 Å². The Hall–Kier alpha value is -2.51. The molecule has 1 saturated heterocycles. The number of carbonyl (C=O) groups is 1. The van der Waals surface area contributed by atoms with Gasteiger partial charge in [0.25, 0.3) is 0 Å². The van der Waals surface area contributed by atoms with Crippen molar-refractivity contribution in [3.63, 3.8) is 0 Å². The molecule has 0 saturated carbocycles. The predicted octanol–water partition coefficient (Wildman–Crippen LogP) is 4.91. The Morgan fingerprint density at radius 1 is 1.20 bits per heavy atom. The lowest BCUT2D eigenvalue weighted by Gasteiger charge is -2.30. The first-order chi connectivity index (χ1) is 14.6. The van der Waals surface area contributed by atoms with Crippen molar-refractivity contribution in [3.8, 4) is 11.4 Å². The van der Waals surface area contributed by atoms with Crippen molar-refractivity contribution >= 4 is 27.5 Å². The molecule has 1 fully saturated rings. The summed E-state index contributed by atoms with van der Waals surface area (Å²) in [5, 5.41) is 7.22. The van der Waals surface area contributed by atoms with Crippen molar-refractivity contribution in [1.82, 2.24) is 15.0 Å². The first-order valence-electron chi connectivity index (χ1n) is 10.3. The van der Waals surface area contributed by atoms with Crippen molar-refractivity contribution in [2.24, 2.45) is 5.92 Å². The monoisotopic (exact) mass is 468 g/mol. The number of hydrogen-bond acceptors (Lipinski definition) is 5.